The Kier molecular flexibility index (Phi) is 4.22. The van der Waals surface area contributed by atoms with E-state index in [0.717, 1.165) is 30.6 Å². The van der Waals surface area contributed by atoms with Crippen LogP contribution in [0.15, 0.2) is 15.7 Å². The third kappa shape index (κ3) is 3.80. The van der Waals surface area contributed by atoms with Gasteiger partial charge in [-0.15, -0.1) is 11.3 Å². The molecule has 1 aliphatic carbocycles. The van der Waals surface area contributed by atoms with Gasteiger partial charge in [-0.25, -0.2) is 13.6 Å². The standard InChI is InChI=1S/C13H20N2O3S2/c1-13(2)5-3-4-10(7-13)15-12(16)9-6-11(19-8-9)20(14,17)18/h6,8,10H,3-5,7H2,1-2H3,(H,15,16)(H2,14,17,18). The Labute approximate surface area is 123 Å². The van der Waals surface area contributed by atoms with Crippen LogP contribution in [0.1, 0.15) is 49.9 Å². The zero-order chi connectivity index (χ0) is 15.0. The van der Waals surface area contributed by atoms with Crippen molar-refractivity contribution in [3.63, 3.8) is 0 Å². The number of nitrogens with two attached hydrogens (primary N) is 1. The van der Waals surface area contributed by atoms with Crippen molar-refractivity contribution < 1.29 is 13.2 Å². The van der Waals surface area contributed by atoms with Gasteiger partial charge in [-0.05, 0) is 30.7 Å². The summed E-state index contributed by atoms with van der Waals surface area (Å²) in [6, 6.07) is 1.49. The van der Waals surface area contributed by atoms with E-state index in [0.29, 0.717) is 5.56 Å². The van der Waals surface area contributed by atoms with Crippen LogP contribution in [0.2, 0.25) is 0 Å². The van der Waals surface area contributed by atoms with Gasteiger partial charge in [0, 0.05) is 11.4 Å². The van der Waals surface area contributed by atoms with Gasteiger partial charge in [-0.2, -0.15) is 0 Å². The molecule has 20 heavy (non-hydrogen) atoms. The number of thiophene rings is 1. The van der Waals surface area contributed by atoms with Crippen molar-refractivity contribution in [2.75, 3.05) is 0 Å². The predicted molar refractivity (Wildman–Crippen MR) is 79.2 cm³/mol. The molecule has 1 unspecified atom stereocenters. The summed E-state index contributed by atoms with van der Waals surface area (Å²) in [6.07, 6.45) is 4.20. The largest absolute Gasteiger partial charge is 0.349 e. The molecule has 1 atom stereocenters. The maximum atomic E-state index is 12.1. The van der Waals surface area contributed by atoms with Gasteiger partial charge in [0.05, 0.1) is 5.56 Å². The van der Waals surface area contributed by atoms with Crippen molar-refractivity contribution in [3.8, 4) is 0 Å². The van der Waals surface area contributed by atoms with Crippen molar-refractivity contribution in [2.24, 2.45) is 10.6 Å². The Bertz CT molecular complexity index is 605. The molecule has 1 aromatic rings. The van der Waals surface area contributed by atoms with E-state index in [1.807, 2.05) is 0 Å². The number of hydrogen-bond acceptors (Lipinski definition) is 4. The summed E-state index contributed by atoms with van der Waals surface area (Å²) in [7, 11) is -3.73. The second-order valence-electron chi connectivity index (χ2n) is 6.13. The molecule has 0 aromatic carbocycles. The number of carbonyl (C=O) groups is 1. The van der Waals surface area contributed by atoms with Gasteiger partial charge in [0.1, 0.15) is 4.21 Å². The first kappa shape index (κ1) is 15.5. The fourth-order valence-corrected chi connectivity index (χ4v) is 4.26. The molecule has 1 aromatic heterocycles. The van der Waals surface area contributed by atoms with Crippen LogP contribution in [0.25, 0.3) is 0 Å². The molecule has 5 nitrogen and oxygen atoms in total. The van der Waals surface area contributed by atoms with E-state index in [-0.39, 0.29) is 21.6 Å². The zero-order valence-corrected chi connectivity index (χ0v) is 13.3. The number of amides is 1. The third-order valence-electron chi connectivity index (χ3n) is 3.66. The molecule has 0 aliphatic heterocycles. The van der Waals surface area contributed by atoms with Gasteiger partial charge >= 0.3 is 0 Å². The van der Waals surface area contributed by atoms with E-state index in [1.165, 1.54) is 17.9 Å². The molecule has 7 heteroatoms. The van der Waals surface area contributed by atoms with Crippen LogP contribution in [0, 0.1) is 5.41 Å². The number of sulfonamides is 1. The monoisotopic (exact) mass is 316 g/mol. The van der Waals surface area contributed by atoms with Gasteiger partial charge in [0.2, 0.25) is 10.0 Å². The Hall–Kier alpha value is -0.920. The number of hydrogen-bond donors (Lipinski definition) is 2. The van der Waals surface area contributed by atoms with Gasteiger partial charge < -0.3 is 5.32 Å². The van der Waals surface area contributed by atoms with Crippen molar-refractivity contribution >= 4 is 27.3 Å². The first-order chi connectivity index (χ1) is 9.17. The molecular weight excluding hydrogens is 296 g/mol. The molecule has 1 amide bonds. The molecule has 112 valence electrons. The molecule has 3 N–H and O–H groups in total. The van der Waals surface area contributed by atoms with Crippen LogP contribution in [-0.2, 0) is 10.0 Å². The number of rotatable bonds is 3. The SMILES string of the molecule is CC1(C)CCCC(NC(=O)c2csc(S(N)(=O)=O)c2)C1. The van der Waals surface area contributed by atoms with Gasteiger partial charge in [-0.3, -0.25) is 4.79 Å². The summed E-state index contributed by atoms with van der Waals surface area (Å²) in [4.78, 5) is 12.1. The number of nitrogens with one attached hydrogen (secondary N) is 1. The fraction of sp³-hybridized carbons (Fsp3) is 0.615. The third-order valence-corrected chi connectivity index (χ3v) is 6.04. The molecule has 0 bridgehead atoms. The minimum absolute atomic E-state index is 0.0200. The molecule has 1 saturated carbocycles. The summed E-state index contributed by atoms with van der Waals surface area (Å²) in [5.74, 6) is -0.223. The van der Waals surface area contributed by atoms with Crippen molar-refractivity contribution in [2.45, 2.75) is 49.8 Å². The molecule has 2 rings (SSSR count). The van der Waals surface area contributed by atoms with E-state index < -0.39 is 10.0 Å². The maximum absolute atomic E-state index is 12.1. The molecule has 1 fully saturated rings. The summed E-state index contributed by atoms with van der Waals surface area (Å²) in [5.41, 5.74) is 0.610. The van der Waals surface area contributed by atoms with Crippen LogP contribution >= 0.6 is 11.3 Å². The van der Waals surface area contributed by atoms with E-state index >= 15 is 0 Å². The molecule has 0 spiro atoms. The summed E-state index contributed by atoms with van der Waals surface area (Å²) >= 11 is 0.973. The Morgan fingerprint density at radius 2 is 2.20 bits per heavy atom. The second kappa shape index (κ2) is 5.46. The van der Waals surface area contributed by atoms with Gasteiger partial charge in [0.15, 0.2) is 0 Å². The van der Waals surface area contributed by atoms with Crippen LogP contribution in [0.4, 0.5) is 0 Å². The Morgan fingerprint density at radius 3 is 2.75 bits per heavy atom. The van der Waals surface area contributed by atoms with Crippen molar-refractivity contribution in [1.29, 1.82) is 0 Å². The number of primary sulfonamides is 1. The lowest BCUT2D eigenvalue weighted by Crippen LogP contribution is -2.40. The molecule has 1 heterocycles. The molecular formula is C13H20N2O3S2. The predicted octanol–water partition coefficient (Wildman–Crippen LogP) is 2.09. The average Bonchev–Trinajstić information content (AvgIpc) is 2.76. The van der Waals surface area contributed by atoms with E-state index in [1.54, 1.807) is 0 Å². The topological polar surface area (TPSA) is 89.3 Å². The van der Waals surface area contributed by atoms with Crippen LogP contribution in [0.5, 0.6) is 0 Å². The lowest BCUT2D eigenvalue weighted by atomic mass is 9.75. The van der Waals surface area contributed by atoms with Crippen LogP contribution in [0.3, 0.4) is 0 Å². The van der Waals surface area contributed by atoms with E-state index in [2.05, 4.69) is 19.2 Å². The smallest absolute Gasteiger partial charge is 0.252 e. The first-order valence-electron chi connectivity index (χ1n) is 6.60. The Balaban J connectivity index is 2.03. The first-order valence-corrected chi connectivity index (χ1v) is 9.02. The molecule has 0 radical (unpaired) electrons. The highest BCUT2D eigenvalue weighted by Gasteiger charge is 2.29. The minimum atomic E-state index is -3.73. The normalized spacial score (nSPS) is 22.4. The van der Waals surface area contributed by atoms with Crippen LogP contribution < -0.4 is 10.5 Å². The quantitative estimate of drug-likeness (QED) is 0.895. The van der Waals surface area contributed by atoms with Crippen LogP contribution in [-0.4, -0.2) is 20.4 Å². The highest BCUT2D eigenvalue weighted by atomic mass is 32.2. The summed E-state index contributed by atoms with van der Waals surface area (Å²) < 4.78 is 22.4. The fourth-order valence-electron chi connectivity index (χ4n) is 2.67. The van der Waals surface area contributed by atoms with E-state index in [4.69, 9.17) is 5.14 Å². The zero-order valence-electron chi connectivity index (χ0n) is 11.7. The lowest BCUT2D eigenvalue weighted by molar-refractivity contribution is 0.0903. The van der Waals surface area contributed by atoms with Crippen molar-refractivity contribution in [3.05, 3.63) is 17.0 Å². The highest BCUT2D eigenvalue weighted by Crippen LogP contribution is 2.35. The molecule has 1 aliphatic rings. The minimum Gasteiger partial charge on any atom is -0.349 e. The molecule has 0 saturated heterocycles. The summed E-state index contributed by atoms with van der Waals surface area (Å²) in [6.45, 7) is 4.41. The van der Waals surface area contributed by atoms with Crippen molar-refractivity contribution in [1.82, 2.24) is 5.32 Å². The Morgan fingerprint density at radius 1 is 1.50 bits per heavy atom. The maximum Gasteiger partial charge on any atom is 0.252 e. The van der Waals surface area contributed by atoms with Gasteiger partial charge in [0.25, 0.3) is 5.91 Å². The summed E-state index contributed by atoms with van der Waals surface area (Å²) in [5, 5.41) is 9.56. The van der Waals surface area contributed by atoms with E-state index in [9.17, 15) is 13.2 Å². The average molecular weight is 316 g/mol. The second-order valence-corrected chi connectivity index (χ2v) is 8.83. The highest BCUT2D eigenvalue weighted by molar-refractivity contribution is 7.91. The van der Waals surface area contributed by atoms with Gasteiger partial charge in [-0.1, -0.05) is 20.3 Å². The lowest BCUT2D eigenvalue weighted by Gasteiger charge is -2.35. The number of carbonyl (C=O) groups excluding carboxylic acids is 1.